The highest BCUT2D eigenvalue weighted by molar-refractivity contribution is 8.09. The number of carbonyl (C=O) groups is 1. The van der Waals surface area contributed by atoms with Gasteiger partial charge in [-0.15, -0.1) is 0 Å². The number of ether oxygens (including phenoxy) is 1. The molecule has 96 valence electrons. The van der Waals surface area contributed by atoms with Gasteiger partial charge < -0.3 is 4.74 Å². The van der Waals surface area contributed by atoms with Gasteiger partial charge in [-0.2, -0.15) is 8.42 Å². The van der Waals surface area contributed by atoms with Crippen LogP contribution in [-0.2, 0) is 14.1 Å². The molecule has 0 aromatic heterocycles. The van der Waals surface area contributed by atoms with Crippen LogP contribution < -0.4 is 5.32 Å². The number of nitrogens with one attached hydrogen (secondary N) is 1. The molecule has 0 fully saturated rings. The minimum atomic E-state index is -4.19. The zero-order chi connectivity index (χ0) is 13.3. The molecule has 0 aliphatic heterocycles. The van der Waals surface area contributed by atoms with E-state index in [-0.39, 0.29) is 0 Å². The Morgan fingerprint density at radius 1 is 1.41 bits per heavy atom. The van der Waals surface area contributed by atoms with Gasteiger partial charge in [0.2, 0.25) is 0 Å². The lowest BCUT2D eigenvalue weighted by atomic mass is 10.3. The van der Waals surface area contributed by atoms with Crippen molar-refractivity contribution < 1.29 is 22.5 Å². The Labute approximate surface area is 104 Å². The third-order valence-corrected chi connectivity index (χ3v) is 1.30. The van der Waals surface area contributed by atoms with Crippen LogP contribution in [0.2, 0.25) is 0 Å². The fraction of sp³-hybridized carbons (Fsp3) is 0.222. The zero-order valence-corrected chi connectivity index (χ0v) is 10.5. The number of rotatable bonds is 2. The van der Waals surface area contributed by atoms with E-state index in [4.69, 9.17) is 17.7 Å². The number of hydrogen-bond acceptors (Lipinski definition) is 4. The van der Waals surface area contributed by atoms with Crippen molar-refractivity contribution in [3.05, 3.63) is 30.3 Å². The molecule has 8 heteroatoms. The first-order valence-corrected chi connectivity index (χ1v) is 6.75. The molecule has 0 aliphatic carbocycles. The van der Waals surface area contributed by atoms with Gasteiger partial charge in [-0.1, -0.05) is 18.2 Å². The van der Waals surface area contributed by atoms with Crippen LogP contribution in [0.1, 0.15) is 6.92 Å². The van der Waals surface area contributed by atoms with Crippen LogP contribution in [-0.4, -0.2) is 25.7 Å². The summed E-state index contributed by atoms with van der Waals surface area (Å²) < 4.78 is 29.9. The summed E-state index contributed by atoms with van der Waals surface area (Å²) >= 11 is 0. The van der Waals surface area contributed by atoms with Crippen molar-refractivity contribution in [1.82, 2.24) is 0 Å². The molecule has 2 N–H and O–H groups in total. The fourth-order valence-electron chi connectivity index (χ4n) is 0.807. The standard InChI is InChI=1S/C9H11NO2.ClHO3S/c1-2-12-9(11)10-8-6-4-3-5-7-8;1-5(2,3)4/h3-7H,2H2,1H3,(H,10,11);(H,2,3,4). The van der Waals surface area contributed by atoms with Gasteiger partial charge in [0.25, 0.3) is 0 Å². The Balaban J connectivity index is 0.000000437. The van der Waals surface area contributed by atoms with Crippen molar-refractivity contribution >= 4 is 31.8 Å². The molecule has 1 aromatic rings. The van der Waals surface area contributed by atoms with Gasteiger partial charge >= 0.3 is 15.4 Å². The average Bonchev–Trinajstić information content (AvgIpc) is 2.16. The van der Waals surface area contributed by atoms with Crippen LogP contribution >= 0.6 is 10.7 Å². The fourth-order valence-corrected chi connectivity index (χ4v) is 0.807. The molecule has 6 nitrogen and oxygen atoms in total. The second-order valence-corrected chi connectivity index (χ2v) is 4.62. The molecule has 0 bridgehead atoms. The number of anilines is 1. The van der Waals surface area contributed by atoms with E-state index in [0.29, 0.717) is 6.61 Å². The van der Waals surface area contributed by atoms with Crippen LogP contribution in [0.5, 0.6) is 0 Å². The van der Waals surface area contributed by atoms with Gasteiger partial charge in [-0.3, -0.25) is 9.87 Å². The molecule has 1 amide bonds. The first-order valence-electron chi connectivity index (χ1n) is 4.48. The van der Waals surface area contributed by atoms with E-state index in [9.17, 15) is 4.79 Å². The second-order valence-electron chi connectivity index (χ2n) is 2.62. The lowest BCUT2D eigenvalue weighted by Gasteiger charge is -2.03. The number of para-hydroxylation sites is 1. The highest BCUT2D eigenvalue weighted by atomic mass is 35.7. The Kier molecular flexibility index (Phi) is 7.27. The summed E-state index contributed by atoms with van der Waals surface area (Å²) in [7, 11) is -0.137. The van der Waals surface area contributed by atoms with Crippen LogP contribution in [0.4, 0.5) is 10.5 Å². The zero-order valence-electron chi connectivity index (χ0n) is 8.96. The Morgan fingerprint density at radius 3 is 2.29 bits per heavy atom. The first kappa shape index (κ1) is 15.7. The van der Waals surface area contributed by atoms with E-state index in [2.05, 4.69) is 16.0 Å². The summed E-state index contributed by atoms with van der Waals surface area (Å²) in [5.74, 6) is 0. The van der Waals surface area contributed by atoms with Crippen molar-refractivity contribution in [2.24, 2.45) is 0 Å². The number of benzene rings is 1. The maximum Gasteiger partial charge on any atom is 0.411 e. The summed E-state index contributed by atoms with van der Waals surface area (Å²) in [5.41, 5.74) is 0.746. The van der Waals surface area contributed by atoms with Crippen LogP contribution in [0, 0.1) is 0 Å². The largest absolute Gasteiger partial charge is 0.450 e. The van der Waals surface area contributed by atoms with E-state index in [1.807, 2.05) is 18.2 Å². The average molecular weight is 282 g/mol. The number of hydrogen-bond donors (Lipinski definition) is 2. The maximum absolute atomic E-state index is 10.9. The Morgan fingerprint density at radius 2 is 1.88 bits per heavy atom. The monoisotopic (exact) mass is 281 g/mol. The normalized spacial score (nSPS) is 9.82. The van der Waals surface area contributed by atoms with Crippen molar-refractivity contribution in [3.63, 3.8) is 0 Å². The van der Waals surface area contributed by atoms with E-state index in [1.165, 1.54) is 0 Å². The molecule has 0 saturated heterocycles. The Hall–Kier alpha value is -1.31. The summed E-state index contributed by atoms with van der Waals surface area (Å²) in [6, 6.07) is 9.19. The van der Waals surface area contributed by atoms with Crippen molar-refractivity contribution in [3.8, 4) is 0 Å². The molecule has 0 saturated carbocycles. The van der Waals surface area contributed by atoms with E-state index >= 15 is 0 Å². The number of carbonyl (C=O) groups excluding carboxylic acids is 1. The van der Waals surface area contributed by atoms with E-state index in [1.54, 1.807) is 19.1 Å². The third-order valence-electron chi connectivity index (χ3n) is 1.30. The van der Waals surface area contributed by atoms with E-state index < -0.39 is 15.4 Å². The molecule has 0 radical (unpaired) electrons. The summed E-state index contributed by atoms with van der Waals surface area (Å²) in [5, 5.41) is 2.58. The van der Waals surface area contributed by atoms with Crippen LogP contribution in [0.25, 0.3) is 0 Å². The first-order chi connectivity index (χ1) is 7.83. The van der Waals surface area contributed by atoms with Gasteiger partial charge in [-0.25, -0.2) is 4.79 Å². The highest BCUT2D eigenvalue weighted by Gasteiger charge is 1.98. The minimum Gasteiger partial charge on any atom is -0.450 e. The molecular weight excluding hydrogens is 270 g/mol. The van der Waals surface area contributed by atoms with Crippen molar-refractivity contribution in [2.75, 3.05) is 11.9 Å². The smallest absolute Gasteiger partial charge is 0.411 e. The maximum atomic E-state index is 10.9. The summed E-state index contributed by atoms with van der Waals surface area (Å²) in [6.45, 7) is 2.16. The molecule has 1 aromatic carbocycles. The van der Waals surface area contributed by atoms with Crippen LogP contribution in [0.15, 0.2) is 30.3 Å². The minimum absolute atomic E-state index is 0.388. The van der Waals surface area contributed by atoms with Crippen molar-refractivity contribution in [2.45, 2.75) is 6.92 Å². The van der Waals surface area contributed by atoms with Gasteiger partial charge in [0.1, 0.15) is 0 Å². The number of amides is 1. The molecule has 0 spiro atoms. The predicted molar refractivity (Wildman–Crippen MR) is 64.5 cm³/mol. The molecule has 1 rings (SSSR count). The molecule has 0 atom stereocenters. The van der Waals surface area contributed by atoms with Gasteiger partial charge in [0, 0.05) is 16.4 Å². The summed E-state index contributed by atoms with van der Waals surface area (Å²) in [6.07, 6.45) is -0.413. The SMILES string of the molecule is CCOC(=O)Nc1ccccc1.O=S(=O)(O)Cl. The van der Waals surface area contributed by atoms with Gasteiger partial charge in [0.15, 0.2) is 0 Å². The predicted octanol–water partition coefficient (Wildman–Crippen LogP) is 2.28. The lowest BCUT2D eigenvalue weighted by Crippen LogP contribution is -2.12. The molecule has 0 aliphatic rings. The topological polar surface area (TPSA) is 92.7 Å². The van der Waals surface area contributed by atoms with Gasteiger partial charge in [-0.05, 0) is 19.1 Å². The molecule has 17 heavy (non-hydrogen) atoms. The quantitative estimate of drug-likeness (QED) is 0.641. The Bertz CT molecular complexity index is 426. The molecule has 0 unspecified atom stereocenters. The van der Waals surface area contributed by atoms with Crippen LogP contribution in [0.3, 0.4) is 0 Å². The third kappa shape index (κ3) is 12.6. The molecule has 0 heterocycles. The highest BCUT2D eigenvalue weighted by Crippen LogP contribution is 2.04. The van der Waals surface area contributed by atoms with E-state index in [0.717, 1.165) is 5.69 Å². The lowest BCUT2D eigenvalue weighted by molar-refractivity contribution is 0.168. The van der Waals surface area contributed by atoms with Crippen molar-refractivity contribution in [1.29, 1.82) is 0 Å². The molecular formula is C9H12ClNO5S. The van der Waals surface area contributed by atoms with Gasteiger partial charge in [0.05, 0.1) is 6.61 Å². The second kappa shape index (κ2) is 7.88. The number of halogens is 1. The summed E-state index contributed by atoms with van der Waals surface area (Å²) in [4.78, 5) is 10.9.